The number of hydrogen-bond acceptors (Lipinski definition) is 4. The fourth-order valence-electron chi connectivity index (χ4n) is 1.98. The Morgan fingerprint density at radius 2 is 2.00 bits per heavy atom. The highest BCUT2D eigenvalue weighted by Gasteiger charge is 2.33. The predicted molar refractivity (Wildman–Crippen MR) is 71.5 cm³/mol. The lowest BCUT2D eigenvalue weighted by atomic mass is 10.1. The van der Waals surface area contributed by atoms with Gasteiger partial charge in [-0.3, -0.25) is 9.59 Å². The van der Waals surface area contributed by atoms with Gasteiger partial charge >= 0.3 is 0 Å². The Morgan fingerprint density at radius 1 is 1.21 bits per heavy atom. The molecule has 0 fully saturated rings. The van der Waals surface area contributed by atoms with Crippen molar-refractivity contribution in [3.05, 3.63) is 36.2 Å². The highest BCUT2D eigenvalue weighted by Crippen LogP contribution is 2.34. The zero-order valence-corrected chi connectivity index (χ0v) is 11.3. The maximum atomic E-state index is 11.7. The number of nitrogens with zero attached hydrogens (tertiary/aromatic N) is 3. The molecule has 0 saturated carbocycles. The minimum Gasteiger partial charge on any atom is -0.329 e. The standard InChI is InChI=1S/C13H11N3O2S/c1-15-6-5-14-13(15)19-8-3-4-9-10(7-8)16(2)12(18)11(9)17/h3-7H,1-2H3. The van der Waals surface area contributed by atoms with Crippen molar-refractivity contribution >= 4 is 29.1 Å². The summed E-state index contributed by atoms with van der Waals surface area (Å²) in [6.45, 7) is 0. The Labute approximate surface area is 114 Å². The highest BCUT2D eigenvalue weighted by atomic mass is 32.2. The van der Waals surface area contributed by atoms with E-state index in [1.54, 1.807) is 19.3 Å². The third-order valence-electron chi connectivity index (χ3n) is 3.06. The first-order valence-corrected chi connectivity index (χ1v) is 6.51. The molecule has 0 radical (unpaired) electrons. The smallest absolute Gasteiger partial charge is 0.299 e. The van der Waals surface area contributed by atoms with E-state index in [9.17, 15) is 9.59 Å². The van der Waals surface area contributed by atoms with Crippen LogP contribution in [0.5, 0.6) is 0 Å². The first kappa shape index (κ1) is 12.0. The van der Waals surface area contributed by atoms with Gasteiger partial charge in [0.2, 0.25) is 0 Å². The zero-order chi connectivity index (χ0) is 13.6. The fraction of sp³-hybridized carbons (Fsp3) is 0.154. The molecule has 0 N–H and O–H groups in total. The van der Waals surface area contributed by atoms with Crippen LogP contribution in [0.4, 0.5) is 5.69 Å². The van der Waals surface area contributed by atoms with Gasteiger partial charge in [-0.25, -0.2) is 4.98 Å². The zero-order valence-electron chi connectivity index (χ0n) is 10.5. The summed E-state index contributed by atoms with van der Waals surface area (Å²) in [4.78, 5) is 29.8. The molecular weight excluding hydrogens is 262 g/mol. The average Bonchev–Trinajstić information content (AvgIpc) is 2.89. The lowest BCUT2D eigenvalue weighted by molar-refractivity contribution is -0.114. The van der Waals surface area contributed by atoms with Crippen molar-refractivity contribution < 1.29 is 9.59 Å². The number of benzene rings is 1. The second kappa shape index (κ2) is 4.24. The van der Waals surface area contributed by atoms with Gasteiger partial charge in [0.1, 0.15) is 0 Å². The number of hydrogen-bond donors (Lipinski definition) is 0. The van der Waals surface area contributed by atoms with Gasteiger partial charge in [-0.2, -0.15) is 0 Å². The van der Waals surface area contributed by atoms with Gasteiger partial charge in [0.25, 0.3) is 11.7 Å². The number of carbonyl (C=O) groups excluding carboxylic acids is 2. The molecule has 1 aromatic carbocycles. The average molecular weight is 273 g/mol. The molecule has 5 nitrogen and oxygen atoms in total. The first-order chi connectivity index (χ1) is 9.08. The van der Waals surface area contributed by atoms with Crippen LogP contribution in [0.25, 0.3) is 0 Å². The van der Waals surface area contributed by atoms with Crippen molar-refractivity contribution in [2.45, 2.75) is 10.1 Å². The largest absolute Gasteiger partial charge is 0.329 e. The number of ketones is 1. The van der Waals surface area contributed by atoms with Crippen molar-refractivity contribution in [1.82, 2.24) is 9.55 Å². The number of imidazole rings is 1. The van der Waals surface area contributed by atoms with Crippen LogP contribution in [0.15, 0.2) is 40.6 Å². The molecule has 0 saturated heterocycles. The quantitative estimate of drug-likeness (QED) is 0.782. The van der Waals surface area contributed by atoms with E-state index in [1.807, 2.05) is 29.9 Å². The summed E-state index contributed by atoms with van der Waals surface area (Å²) in [6, 6.07) is 5.38. The summed E-state index contributed by atoms with van der Waals surface area (Å²) >= 11 is 1.49. The van der Waals surface area contributed by atoms with Gasteiger partial charge in [0.15, 0.2) is 5.16 Å². The monoisotopic (exact) mass is 273 g/mol. The lowest BCUT2D eigenvalue weighted by Crippen LogP contribution is -2.24. The second-order valence-electron chi connectivity index (χ2n) is 4.30. The summed E-state index contributed by atoms with van der Waals surface area (Å²) in [6.07, 6.45) is 3.60. The SMILES string of the molecule is CN1C(=O)C(=O)c2ccc(Sc3nccn3C)cc21. The molecule has 1 amide bonds. The number of aromatic nitrogens is 2. The van der Waals surface area contributed by atoms with Crippen LogP contribution in [0.3, 0.4) is 0 Å². The molecule has 0 spiro atoms. The van der Waals surface area contributed by atoms with E-state index in [2.05, 4.69) is 4.98 Å². The van der Waals surface area contributed by atoms with Crippen molar-refractivity contribution in [3.63, 3.8) is 0 Å². The molecule has 6 heteroatoms. The maximum Gasteiger partial charge on any atom is 0.299 e. The summed E-state index contributed by atoms with van der Waals surface area (Å²) in [7, 11) is 3.53. The predicted octanol–water partition coefficient (Wildman–Crippen LogP) is 1.73. The van der Waals surface area contributed by atoms with E-state index in [0.717, 1.165) is 10.1 Å². The Hall–Kier alpha value is -2.08. The minimum atomic E-state index is -0.478. The summed E-state index contributed by atoms with van der Waals surface area (Å²) in [5, 5.41) is 0.859. The van der Waals surface area contributed by atoms with Gasteiger partial charge in [-0.15, -0.1) is 0 Å². The van der Waals surface area contributed by atoms with E-state index in [-0.39, 0.29) is 0 Å². The van der Waals surface area contributed by atoms with Crippen molar-refractivity contribution in [2.24, 2.45) is 7.05 Å². The lowest BCUT2D eigenvalue weighted by Gasteiger charge is -2.10. The van der Waals surface area contributed by atoms with Crippen molar-refractivity contribution in [2.75, 3.05) is 11.9 Å². The van der Waals surface area contributed by atoms with Crippen LogP contribution < -0.4 is 4.90 Å². The van der Waals surface area contributed by atoms with Gasteiger partial charge in [-0.1, -0.05) is 11.8 Å². The van der Waals surface area contributed by atoms with E-state index in [4.69, 9.17) is 0 Å². The highest BCUT2D eigenvalue weighted by molar-refractivity contribution is 7.99. The molecule has 1 aromatic heterocycles. The molecule has 19 heavy (non-hydrogen) atoms. The van der Waals surface area contributed by atoms with Crippen LogP contribution in [-0.4, -0.2) is 28.3 Å². The van der Waals surface area contributed by atoms with Crippen LogP contribution in [0.1, 0.15) is 10.4 Å². The third-order valence-corrected chi connectivity index (χ3v) is 4.13. The number of likely N-dealkylation sites (N-methyl/N-ethyl adjacent to an activating group) is 1. The Balaban J connectivity index is 1.97. The van der Waals surface area contributed by atoms with Crippen LogP contribution in [0, 0.1) is 0 Å². The normalized spacial score (nSPS) is 14.1. The summed E-state index contributed by atoms with van der Waals surface area (Å²) in [5.74, 6) is -0.916. The molecule has 2 aromatic rings. The van der Waals surface area contributed by atoms with E-state index in [0.29, 0.717) is 11.3 Å². The number of anilines is 1. The van der Waals surface area contributed by atoms with Crippen molar-refractivity contribution in [1.29, 1.82) is 0 Å². The molecule has 2 heterocycles. The molecule has 0 aliphatic carbocycles. The van der Waals surface area contributed by atoms with Gasteiger partial charge < -0.3 is 9.47 Å². The summed E-state index contributed by atoms with van der Waals surface area (Å²) < 4.78 is 1.91. The Bertz CT molecular complexity index is 693. The molecule has 96 valence electrons. The van der Waals surface area contributed by atoms with E-state index in [1.165, 1.54) is 16.7 Å². The molecule has 0 bridgehead atoms. The molecule has 1 aliphatic rings. The molecule has 0 unspecified atom stereocenters. The van der Waals surface area contributed by atoms with Crippen LogP contribution >= 0.6 is 11.8 Å². The van der Waals surface area contributed by atoms with Crippen molar-refractivity contribution in [3.8, 4) is 0 Å². The van der Waals surface area contributed by atoms with E-state index < -0.39 is 11.7 Å². The Kier molecular flexibility index (Phi) is 2.67. The molecule has 3 rings (SSSR count). The number of carbonyl (C=O) groups is 2. The number of amides is 1. The number of fused-ring (bicyclic) bond motifs is 1. The summed E-state index contributed by atoms with van der Waals surface area (Å²) in [5.41, 5.74) is 1.13. The topological polar surface area (TPSA) is 55.2 Å². The number of Topliss-reactive ketones (excluding diaryl/α,β-unsaturated/α-hetero) is 1. The van der Waals surface area contributed by atoms with Gasteiger partial charge in [0.05, 0.1) is 11.3 Å². The van der Waals surface area contributed by atoms with E-state index >= 15 is 0 Å². The fourth-order valence-corrected chi connectivity index (χ4v) is 2.81. The first-order valence-electron chi connectivity index (χ1n) is 5.69. The third kappa shape index (κ3) is 1.84. The minimum absolute atomic E-state index is 0.439. The second-order valence-corrected chi connectivity index (χ2v) is 5.34. The number of rotatable bonds is 2. The number of aryl methyl sites for hydroxylation is 1. The van der Waals surface area contributed by atoms with Gasteiger partial charge in [-0.05, 0) is 18.2 Å². The molecule has 1 aliphatic heterocycles. The molecular formula is C13H11N3O2S. The van der Waals surface area contributed by atoms with Crippen LogP contribution in [-0.2, 0) is 11.8 Å². The maximum absolute atomic E-state index is 11.7. The van der Waals surface area contributed by atoms with Gasteiger partial charge in [0, 0.05) is 31.4 Å². The Morgan fingerprint density at radius 3 is 2.68 bits per heavy atom. The molecule has 0 atom stereocenters. The van der Waals surface area contributed by atoms with Crippen LogP contribution in [0.2, 0.25) is 0 Å².